The zero-order valence-electron chi connectivity index (χ0n) is 12.7. The summed E-state index contributed by atoms with van der Waals surface area (Å²) in [5.41, 5.74) is 2.76. The molecule has 0 unspecified atom stereocenters. The normalized spacial score (nSPS) is 11.5. The van der Waals surface area contributed by atoms with E-state index in [1.165, 1.54) is 41.7 Å². The molecule has 0 bridgehead atoms. The molecule has 0 aliphatic carbocycles. The quantitative estimate of drug-likeness (QED) is 0.664. The molecule has 0 saturated heterocycles. The number of benzene rings is 2. The van der Waals surface area contributed by atoms with Crippen LogP contribution in [0.15, 0.2) is 36.4 Å². The summed E-state index contributed by atoms with van der Waals surface area (Å²) in [7, 11) is 0. The van der Waals surface area contributed by atoms with Gasteiger partial charge in [-0.05, 0) is 0 Å². The van der Waals surface area contributed by atoms with Gasteiger partial charge >= 0.3 is 169 Å². The van der Waals surface area contributed by atoms with Crippen LogP contribution in [0.1, 0.15) is 44.2 Å². The number of hydrogen-bond acceptors (Lipinski definition) is 0. The summed E-state index contributed by atoms with van der Waals surface area (Å²) in [6.45, 7) is 4.62. The maximum absolute atomic E-state index is 3.15. The first-order valence-electron chi connectivity index (χ1n) is 7.34. The first kappa shape index (κ1) is 18.9. The Kier molecular flexibility index (Phi) is 6.96. The van der Waals surface area contributed by atoms with Crippen molar-refractivity contribution in [3.05, 3.63) is 47.5 Å². The molecule has 0 nitrogen and oxygen atoms in total. The second-order valence-corrected chi connectivity index (χ2v) is 8.77. The van der Waals surface area contributed by atoms with Gasteiger partial charge in [0.15, 0.2) is 0 Å². The molecule has 2 rings (SSSR count). The van der Waals surface area contributed by atoms with Crippen LogP contribution in [0.3, 0.4) is 0 Å². The van der Waals surface area contributed by atoms with E-state index >= 15 is 0 Å². The SMILES string of the molecule is CCCCC(C)(c1c[c]([Cr])c[c]([Cr])c1)c1c[c]([Cr])c[c]([Cr])c1. The van der Waals surface area contributed by atoms with E-state index in [1.807, 2.05) is 0 Å². The van der Waals surface area contributed by atoms with Crippen LogP contribution in [-0.2, 0) is 70.6 Å². The molecule has 0 aliphatic rings. The van der Waals surface area contributed by atoms with Gasteiger partial charge in [-0.25, -0.2) is 0 Å². The van der Waals surface area contributed by atoms with E-state index in [9.17, 15) is 0 Å². The molecule has 0 amide bonds. The Bertz CT molecular complexity index is 572. The van der Waals surface area contributed by atoms with Crippen molar-refractivity contribution in [2.75, 3.05) is 0 Å². The number of hydrogen-bond donors (Lipinski definition) is 0. The van der Waals surface area contributed by atoms with Crippen LogP contribution in [0, 0.1) is 0 Å². The van der Waals surface area contributed by atoms with Gasteiger partial charge in [0, 0.05) is 0 Å². The molecule has 0 saturated carbocycles. The van der Waals surface area contributed by atoms with E-state index in [0.29, 0.717) is 0 Å². The number of rotatable bonds is 5. The molecule has 0 radical (unpaired) electrons. The summed E-state index contributed by atoms with van der Waals surface area (Å²) in [5.74, 6) is 0. The minimum absolute atomic E-state index is 0.0208. The fourth-order valence-electron chi connectivity index (χ4n) is 2.77. The molecule has 2 aromatic rings. The summed E-state index contributed by atoms with van der Waals surface area (Å²) in [6.07, 6.45) is 3.58. The maximum atomic E-state index is 3.15. The van der Waals surface area contributed by atoms with Gasteiger partial charge in [0.2, 0.25) is 0 Å². The molecule has 114 valence electrons. The second kappa shape index (κ2) is 8.10. The Morgan fingerprint density at radius 3 is 1.41 bits per heavy atom. The van der Waals surface area contributed by atoms with Crippen molar-refractivity contribution in [3.8, 4) is 0 Å². The monoisotopic (exact) mass is 442 g/mol. The summed E-state index contributed by atoms with van der Waals surface area (Å²) in [4.78, 5) is 0. The molecule has 0 fully saturated rings. The van der Waals surface area contributed by atoms with Crippen LogP contribution >= 0.6 is 0 Å². The fourth-order valence-corrected chi connectivity index (χ4v) is 4.75. The molecule has 0 spiro atoms. The molecule has 0 heterocycles. The van der Waals surface area contributed by atoms with Gasteiger partial charge in [0.1, 0.15) is 0 Å². The van der Waals surface area contributed by atoms with Crippen LogP contribution in [0.4, 0.5) is 0 Å². The van der Waals surface area contributed by atoms with Gasteiger partial charge in [0.25, 0.3) is 0 Å². The summed E-state index contributed by atoms with van der Waals surface area (Å²) in [6, 6.07) is 13.4. The van der Waals surface area contributed by atoms with Gasteiger partial charge in [-0.15, -0.1) is 0 Å². The third-order valence-corrected chi connectivity index (χ3v) is 5.54. The van der Waals surface area contributed by atoms with Crippen molar-refractivity contribution < 1.29 is 65.2 Å². The molecule has 22 heavy (non-hydrogen) atoms. The molecule has 0 atom stereocenters. The van der Waals surface area contributed by atoms with Gasteiger partial charge < -0.3 is 0 Å². The number of unbranched alkanes of at least 4 members (excludes halogenated alkanes) is 1. The van der Waals surface area contributed by atoms with E-state index in [-0.39, 0.29) is 5.41 Å². The average Bonchev–Trinajstić information content (AvgIpc) is 2.42. The minimum atomic E-state index is 0.0208. The third-order valence-electron chi connectivity index (χ3n) is 4.06. The first-order chi connectivity index (χ1) is 10.3. The van der Waals surface area contributed by atoms with Crippen LogP contribution in [0.25, 0.3) is 0 Å². The summed E-state index contributed by atoms with van der Waals surface area (Å²) < 4.78 is 4.76. The molecule has 0 N–H and O–H groups in total. The van der Waals surface area contributed by atoms with Crippen molar-refractivity contribution in [1.82, 2.24) is 0 Å². The predicted molar refractivity (Wildman–Crippen MR) is 77.4 cm³/mol. The first-order valence-corrected chi connectivity index (χ1v) is 9.89. The fraction of sp³-hybridized carbons (Fsp3) is 0.333. The van der Waals surface area contributed by atoms with E-state index in [4.69, 9.17) is 0 Å². The molecule has 0 aromatic heterocycles. The van der Waals surface area contributed by atoms with Crippen molar-refractivity contribution in [2.45, 2.75) is 38.5 Å². The molecule has 2 aromatic carbocycles. The van der Waals surface area contributed by atoms with Crippen molar-refractivity contribution in [1.29, 1.82) is 0 Å². The van der Waals surface area contributed by atoms with Crippen LogP contribution in [0.5, 0.6) is 0 Å². The zero-order valence-corrected chi connectivity index (χ0v) is 17.8. The molecule has 4 heteroatoms. The Labute approximate surface area is 167 Å². The van der Waals surface area contributed by atoms with Crippen LogP contribution in [-0.4, -0.2) is 0 Å². The summed E-state index contributed by atoms with van der Waals surface area (Å²) >= 11 is 12.6. The van der Waals surface area contributed by atoms with E-state index in [2.05, 4.69) is 115 Å². The summed E-state index contributed by atoms with van der Waals surface area (Å²) in [5, 5.41) is 0. The second-order valence-electron chi connectivity index (χ2n) is 5.82. The van der Waals surface area contributed by atoms with Crippen molar-refractivity contribution in [2.24, 2.45) is 0 Å². The topological polar surface area (TPSA) is 0 Å². The van der Waals surface area contributed by atoms with Crippen molar-refractivity contribution >= 4 is 17.7 Å². The molecular weight excluding hydrogens is 424 g/mol. The van der Waals surface area contributed by atoms with E-state index in [1.54, 1.807) is 0 Å². The van der Waals surface area contributed by atoms with Gasteiger partial charge in [-0.3, -0.25) is 0 Å². The van der Waals surface area contributed by atoms with E-state index < -0.39 is 0 Å². The Hall–Kier alpha value is 0.570. The van der Waals surface area contributed by atoms with Gasteiger partial charge in [-0.2, -0.15) is 0 Å². The zero-order chi connectivity index (χ0) is 16.3. The Morgan fingerprint density at radius 1 is 0.727 bits per heavy atom. The van der Waals surface area contributed by atoms with Crippen LogP contribution < -0.4 is 17.7 Å². The van der Waals surface area contributed by atoms with E-state index in [0.717, 1.165) is 6.42 Å². The Morgan fingerprint density at radius 2 is 1.09 bits per heavy atom. The third kappa shape index (κ3) is 4.56. The predicted octanol–water partition coefficient (Wildman–Crippen LogP) is 1.87. The molecule has 0 aliphatic heterocycles. The molecular formula is C18H18Cr4. The van der Waals surface area contributed by atoms with Gasteiger partial charge in [-0.1, -0.05) is 0 Å². The van der Waals surface area contributed by atoms with Crippen molar-refractivity contribution in [3.63, 3.8) is 0 Å². The van der Waals surface area contributed by atoms with Crippen LogP contribution in [0.2, 0.25) is 0 Å². The Balaban J connectivity index is 2.60. The average molecular weight is 442 g/mol. The standard InChI is InChI=1S/C18H18.4Cr/c1-3-4-15-18(2,16-11-7-5-8-12-16)17-13-9-6-10-14-17;;;;/h5-6,11-14H,3-4,15H2,1-2H3;;;;. The van der Waals surface area contributed by atoms with Gasteiger partial charge in [0.05, 0.1) is 0 Å².